The average Bonchev–Trinajstić information content (AvgIpc) is 3.07. The first kappa shape index (κ1) is 17.8. The summed E-state index contributed by atoms with van der Waals surface area (Å²) in [5.74, 6) is 1.34. The highest BCUT2D eigenvalue weighted by Crippen LogP contribution is 2.31. The van der Waals surface area contributed by atoms with Gasteiger partial charge in [-0.05, 0) is 25.5 Å². The van der Waals surface area contributed by atoms with Crippen LogP contribution in [0.1, 0.15) is 18.3 Å². The molecule has 9 nitrogen and oxygen atoms in total. The van der Waals surface area contributed by atoms with E-state index in [1.807, 2.05) is 19.1 Å². The molecule has 0 saturated carbocycles. The van der Waals surface area contributed by atoms with E-state index in [2.05, 4.69) is 20.4 Å². The number of fused-ring (bicyclic) bond motifs is 1. The fourth-order valence-electron chi connectivity index (χ4n) is 2.88. The van der Waals surface area contributed by atoms with E-state index in [0.717, 1.165) is 0 Å². The van der Waals surface area contributed by atoms with Crippen LogP contribution in [0.15, 0.2) is 41.2 Å². The number of ether oxygens (including phenoxy) is 2. The fraction of sp³-hybridized carbons (Fsp3) is 0.263. The van der Waals surface area contributed by atoms with Crippen LogP contribution in [0.5, 0.6) is 11.5 Å². The summed E-state index contributed by atoms with van der Waals surface area (Å²) >= 11 is 0. The minimum absolute atomic E-state index is 0.0936. The molecule has 0 fully saturated rings. The van der Waals surface area contributed by atoms with Gasteiger partial charge in [0.05, 0.1) is 5.69 Å². The standard InChI is InChI=1S/C19H19N5O4/c1-3-12-9-17(25)22-19(20-12)24-16(8-11(2)23-24)21-18(26)15-10-27-13-6-4-5-7-14(13)28-15/h4-9,15H,3,10H2,1-2H3,(H,21,26)(H,20,22,25). The van der Waals surface area contributed by atoms with Crippen LogP contribution in [0.2, 0.25) is 0 Å². The molecule has 1 aromatic carbocycles. The lowest BCUT2D eigenvalue weighted by molar-refractivity contribution is -0.125. The van der Waals surface area contributed by atoms with Crippen molar-refractivity contribution < 1.29 is 14.3 Å². The number of aromatic nitrogens is 4. The van der Waals surface area contributed by atoms with Crippen molar-refractivity contribution in [3.05, 3.63) is 58.1 Å². The molecule has 4 rings (SSSR count). The number of para-hydroxylation sites is 2. The minimum atomic E-state index is -0.812. The van der Waals surface area contributed by atoms with Crippen LogP contribution in [0.3, 0.4) is 0 Å². The molecule has 28 heavy (non-hydrogen) atoms. The molecule has 1 aliphatic rings. The number of hydrogen-bond acceptors (Lipinski definition) is 6. The minimum Gasteiger partial charge on any atom is -0.485 e. The molecule has 0 spiro atoms. The monoisotopic (exact) mass is 381 g/mol. The number of benzene rings is 1. The summed E-state index contributed by atoms with van der Waals surface area (Å²) in [5.41, 5.74) is 1.00. The normalized spacial score (nSPS) is 15.3. The molecule has 1 aliphatic heterocycles. The van der Waals surface area contributed by atoms with Crippen LogP contribution >= 0.6 is 0 Å². The molecule has 3 aromatic rings. The number of nitrogens with zero attached hydrogens (tertiary/aromatic N) is 3. The van der Waals surface area contributed by atoms with Gasteiger partial charge in [-0.25, -0.2) is 4.98 Å². The van der Waals surface area contributed by atoms with E-state index in [4.69, 9.17) is 9.47 Å². The lowest BCUT2D eigenvalue weighted by atomic mass is 10.2. The van der Waals surface area contributed by atoms with E-state index < -0.39 is 6.10 Å². The number of H-pyrrole nitrogens is 1. The average molecular weight is 381 g/mol. The molecular formula is C19H19N5O4. The summed E-state index contributed by atoms with van der Waals surface area (Å²) in [4.78, 5) is 31.6. The Hall–Kier alpha value is -3.62. The zero-order valence-electron chi connectivity index (χ0n) is 15.4. The Morgan fingerprint density at radius 1 is 1.32 bits per heavy atom. The van der Waals surface area contributed by atoms with Gasteiger partial charge < -0.3 is 14.8 Å². The van der Waals surface area contributed by atoms with Gasteiger partial charge in [0.15, 0.2) is 11.5 Å². The van der Waals surface area contributed by atoms with Gasteiger partial charge in [0.25, 0.3) is 11.5 Å². The molecule has 2 N–H and O–H groups in total. The van der Waals surface area contributed by atoms with Crippen molar-refractivity contribution in [3.63, 3.8) is 0 Å². The number of amides is 1. The molecule has 9 heteroatoms. The summed E-state index contributed by atoms with van der Waals surface area (Å²) in [5, 5.41) is 7.11. The van der Waals surface area contributed by atoms with Gasteiger partial charge >= 0.3 is 0 Å². The van der Waals surface area contributed by atoms with Crippen molar-refractivity contribution >= 4 is 11.7 Å². The maximum atomic E-state index is 12.7. The van der Waals surface area contributed by atoms with Gasteiger partial charge in [-0.15, -0.1) is 0 Å². The molecule has 3 heterocycles. The summed E-state index contributed by atoms with van der Waals surface area (Å²) < 4.78 is 12.7. The predicted octanol–water partition coefficient (Wildman–Crippen LogP) is 1.60. The van der Waals surface area contributed by atoms with Crippen LogP contribution in [0.4, 0.5) is 5.82 Å². The largest absolute Gasteiger partial charge is 0.485 e. The van der Waals surface area contributed by atoms with Crippen LogP contribution < -0.4 is 20.3 Å². The third-order valence-electron chi connectivity index (χ3n) is 4.23. The zero-order valence-corrected chi connectivity index (χ0v) is 15.4. The number of hydrogen-bond donors (Lipinski definition) is 2. The summed E-state index contributed by atoms with van der Waals surface area (Å²) in [6.07, 6.45) is -0.210. The first-order valence-corrected chi connectivity index (χ1v) is 8.90. The number of nitrogens with one attached hydrogen (secondary N) is 2. The molecule has 2 aromatic heterocycles. The number of aromatic amines is 1. The topological polar surface area (TPSA) is 111 Å². The highest BCUT2D eigenvalue weighted by molar-refractivity contribution is 5.94. The van der Waals surface area contributed by atoms with Gasteiger partial charge in [0.1, 0.15) is 12.4 Å². The van der Waals surface area contributed by atoms with Crippen molar-refractivity contribution in [2.45, 2.75) is 26.4 Å². The number of aryl methyl sites for hydroxylation is 2. The quantitative estimate of drug-likeness (QED) is 0.710. The van der Waals surface area contributed by atoms with Gasteiger partial charge in [0.2, 0.25) is 12.1 Å². The van der Waals surface area contributed by atoms with Crippen molar-refractivity contribution in [1.29, 1.82) is 0 Å². The Bertz CT molecular complexity index is 1090. The number of carbonyl (C=O) groups is 1. The van der Waals surface area contributed by atoms with Gasteiger partial charge in [-0.2, -0.15) is 9.78 Å². The van der Waals surface area contributed by atoms with E-state index in [-0.39, 0.29) is 24.0 Å². The van der Waals surface area contributed by atoms with Gasteiger partial charge in [-0.3, -0.25) is 14.6 Å². The molecule has 0 radical (unpaired) electrons. The second-order valence-electron chi connectivity index (χ2n) is 6.35. The first-order chi connectivity index (χ1) is 13.5. The highest BCUT2D eigenvalue weighted by Gasteiger charge is 2.28. The molecule has 0 bridgehead atoms. The molecule has 0 saturated heterocycles. The van der Waals surface area contributed by atoms with Gasteiger partial charge in [-0.1, -0.05) is 19.1 Å². The Morgan fingerprint density at radius 2 is 2.11 bits per heavy atom. The lowest BCUT2D eigenvalue weighted by Crippen LogP contribution is -2.40. The van der Waals surface area contributed by atoms with Crippen LogP contribution in [-0.4, -0.2) is 38.4 Å². The second-order valence-corrected chi connectivity index (χ2v) is 6.35. The third-order valence-corrected chi connectivity index (χ3v) is 4.23. The summed E-state index contributed by atoms with van der Waals surface area (Å²) in [6.45, 7) is 3.78. The van der Waals surface area contributed by atoms with E-state index in [9.17, 15) is 9.59 Å². The smallest absolute Gasteiger partial charge is 0.270 e. The Balaban J connectivity index is 1.59. The van der Waals surface area contributed by atoms with Crippen molar-refractivity contribution in [2.75, 3.05) is 11.9 Å². The molecular weight excluding hydrogens is 362 g/mol. The fourth-order valence-corrected chi connectivity index (χ4v) is 2.88. The Kier molecular flexibility index (Phi) is 4.56. The Labute approximate surface area is 160 Å². The SMILES string of the molecule is CCc1cc(=O)[nH]c(-n2nc(C)cc2NC(=O)C2COc3ccccc3O2)n1. The van der Waals surface area contributed by atoms with Crippen LogP contribution in [0.25, 0.3) is 5.95 Å². The molecule has 1 amide bonds. The van der Waals surface area contributed by atoms with E-state index in [0.29, 0.717) is 35.1 Å². The zero-order chi connectivity index (χ0) is 19.7. The number of rotatable bonds is 4. The third kappa shape index (κ3) is 3.46. The van der Waals surface area contributed by atoms with Crippen molar-refractivity contribution in [1.82, 2.24) is 19.7 Å². The molecule has 144 valence electrons. The first-order valence-electron chi connectivity index (χ1n) is 8.90. The van der Waals surface area contributed by atoms with Crippen molar-refractivity contribution in [3.8, 4) is 17.4 Å². The van der Waals surface area contributed by atoms with Crippen LogP contribution in [0, 0.1) is 6.92 Å². The second kappa shape index (κ2) is 7.18. The molecule has 0 aliphatic carbocycles. The highest BCUT2D eigenvalue weighted by atomic mass is 16.6. The predicted molar refractivity (Wildman–Crippen MR) is 101 cm³/mol. The number of carbonyl (C=O) groups excluding carboxylic acids is 1. The maximum Gasteiger partial charge on any atom is 0.270 e. The maximum absolute atomic E-state index is 12.7. The summed E-state index contributed by atoms with van der Waals surface area (Å²) in [7, 11) is 0. The van der Waals surface area contributed by atoms with Gasteiger partial charge in [0, 0.05) is 17.8 Å². The van der Waals surface area contributed by atoms with Crippen molar-refractivity contribution in [2.24, 2.45) is 0 Å². The van der Waals surface area contributed by atoms with E-state index in [1.165, 1.54) is 10.7 Å². The summed E-state index contributed by atoms with van der Waals surface area (Å²) in [6, 6.07) is 10.3. The Morgan fingerprint density at radius 3 is 2.89 bits per heavy atom. The van der Waals surface area contributed by atoms with E-state index in [1.54, 1.807) is 25.1 Å². The lowest BCUT2D eigenvalue weighted by Gasteiger charge is -2.25. The molecule has 1 unspecified atom stereocenters. The number of anilines is 1. The van der Waals surface area contributed by atoms with E-state index >= 15 is 0 Å². The molecule has 1 atom stereocenters. The van der Waals surface area contributed by atoms with Crippen LogP contribution in [-0.2, 0) is 11.2 Å².